The van der Waals surface area contributed by atoms with E-state index in [1.807, 2.05) is 97.1 Å². The molecule has 0 unspecified atom stereocenters. The van der Waals surface area contributed by atoms with Gasteiger partial charge in [0.1, 0.15) is 17.9 Å². The van der Waals surface area contributed by atoms with Crippen molar-refractivity contribution in [3.8, 4) is 0 Å². The maximum Gasteiger partial charge on any atom is 0.273 e. The molecule has 0 amide bonds. The van der Waals surface area contributed by atoms with Gasteiger partial charge in [0.25, 0.3) is 11.4 Å². The molecule has 7 rings (SSSR count). The van der Waals surface area contributed by atoms with Crippen molar-refractivity contribution < 1.29 is 52.7 Å². The summed E-state index contributed by atoms with van der Waals surface area (Å²) >= 11 is 0. The molecule has 0 saturated heterocycles. The summed E-state index contributed by atoms with van der Waals surface area (Å²) in [6.07, 6.45) is 14.9. The lowest BCUT2D eigenvalue weighted by molar-refractivity contribution is -0.748. The largest absolute Gasteiger partial charge is 0.506 e. The number of carbonyl (C=O) groups is 1. The van der Waals surface area contributed by atoms with Gasteiger partial charge in [-0.2, -0.15) is 4.73 Å². The fourth-order valence-electron chi connectivity index (χ4n) is 6.84. The predicted molar refractivity (Wildman–Crippen MR) is 236 cm³/mol. The highest BCUT2D eigenvalue weighted by Crippen LogP contribution is 2.40. The minimum atomic E-state index is -0.367. The lowest BCUT2D eigenvalue weighted by atomic mass is 9.84. The van der Waals surface area contributed by atoms with Crippen LogP contribution in [-0.4, -0.2) is 130 Å². The van der Waals surface area contributed by atoms with Gasteiger partial charge in [-0.15, -0.1) is 0 Å². The molecule has 1 N–H and O–H groups in total. The van der Waals surface area contributed by atoms with Gasteiger partial charge in [-0.3, -0.25) is 19.6 Å². The molecule has 2 aromatic carbocycles. The summed E-state index contributed by atoms with van der Waals surface area (Å²) in [6.45, 7) is 4.43. The van der Waals surface area contributed by atoms with Crippen molar-refractivity contribution in [3.05, 3.63) is 143 Å². The SMILES string of the molecule is COCCOCCOCCOn1c(/C=C/c2ccnc3ccccc23)ccc1C1=C(O)/C(=C2\C=CC(/C=C/c3ccnc4ccccc34)=[N+]2OCCOCCOCCOC)C1=O. The maximum absolute atomic E-state index is 14.3. The van der Waals surface area contributed by atoms with Crippen molar-refractivity contribution in [1.82, 2.24) is 14.7 Å². The third-order valence-electron chi connectivity index (χ3n) is 9.91. The molecule has 3 aromatic heterocycles. The number of aliphatic hydroxyl groups is 1. The summed E-state index contributed by atoms with van der Waals surface area (Å²) in [4.78, 5) is 35.7. The Labute approximate surface area is 360 Å². The number of hydroxylamine groups is 1. The average molecular weight is 844 g/mol. The van der Waals surface area contributed by atoms with Crippen molar-refractivity contribution in [2.24, 2.45) is 0 Å². The van der Waals surface area contributed by atoms with Crippen molar-refractivity contribution >= 4 is 57.1 Å². The number of Topliss-reactive ketones (excluding diaryl/α,β-unsaturated/α-hetero) is 1. The Morgan fingerprint density at radius 2 is 1.15 bits per heavy atom. The number of hydrogen-bond donors (Lipinski definition) is 1. The van der Waals surface area contributed by atoms with Gasteiger partial charge in [-0.05, 0) is 59.7 Å². The smallest absolute Gasteiger partial charge is 0.273 e. The number of aromatic nitrogens is 3. The van der Waals surface area contributed by atoms with E-state index in [0.717, 1.165) is 32.9 Å². The Morgan fingerprint density at radius 1 is 0.597 bits per heavy atom. The fourth-order valence-corrected chi connectivity index (χ4v) is 6.84. The molecule has 5 aromatic rings. The lowest BCUT2D eigenvalue weighted by Crippen LogP contribution is -2.29. The molecule has 14 nitrogen and oxygen atoms in total. The normalized spacial score (nSPS) is 15.4. The highest BCUT2D eigenvalue weighted by Gasteiger charge is 2.45. The number of benzene rings is 2. The number of fused-ring (bicyclic) bond motifs is 2. The Morgan fingerprint density at radius 3 is 1.74 bits per heavy atom. The second-order valence-electron chi connectivity index (χ2n) is 13.9. The molecule has 14 heteroatoms. The Bertz CT molecular complexity index is 2510. The van der Waals surface area contributed by atoms with E-state index in [1.165, 1.54) is 0 Å². The highest BCUT2D eigenvalue weighted by atomic mass is 16.7. The van der Waals surface area contributed by atoms with Crippen LogP contribution in [0, 0.1) is 0 Å². The standard InChI is InChI=1S/C48H50N4O10/c1-55-23-25-57-27-29-59-31-33-61-51-37(13-11-35-19-21-49-41-9-5-3-7-39(35)41)15-17-43(51)45-47(53)46(48(45)54)44-18-16-38(52(44)62-34-32-60-30-28-58-26-24-56-2)14-12-36-20-22-50-42-10-6-4-8-40(36)42/h3-22H,23-34H2,1-2H3/p+1. The molecule has 0 fully saturated rings. The zero-order valence-electron chi connectivity index (χ0n) is 34.9. The van der Waals surface area contributed by atoms with E-state index in [4.69, 9.17) is 38.1 Å². The first-order valence-electron chi connectivity index (χ1n) is 20.5. The molecule has 0 bridgehead atoms. The summed E-state index contributed by atoms with van der Waals surface area (Å²) in [5, 5.41) is 13.8. The topological polar surface area (TPSA) is 145 Å². The van der Waals surface area contributed by atoms with E-state index >= 15 is 0 Å². The summed E-state index contributed by atoms with van der Waals surface area (Å²) < 4.78 is 35.6. The molecular weight excluding hydrogens is 793 g/mol. The molecule has 1 aliphatic heterocycles. The van der Waals surface area contributed by atoms with Crippen LogP contribution in [0.4, 0.5) is 0 Å². The summed E-state index contributed by atoms with van der Waals surface area (Å²) in [5.41, 5.74) is 5.99. The minimum Gasteiger partial charge on any atom is -0.506 e. The molecule has 0 atom stereocenters. The third-order valence-corrected chi connectivity index (χ3v) is 9.91. The van der Waals surface area contributed by atoms with Gasteiger partial charge >= 0.3 is 0 Å². The van der Waals surface area contributed by atoms with Crippen LogP contribution in [0.15, 0.2) is 120 Å². The van der Waals surface area contributed by atoms with E-state index in [2.05, 4.69) is 9.97 Å². The number of ketones is 1. The van der Waals surface area contributed by atoms with Crippen LogP contribution in [0.2, 0.25) is 0 Å². The van der Waals surface area contributed by atoms with Crippen LogP contribution >= 0.6 is 0 Å². The number of pyridine rings is 2. The monoisotopic (exact) mass is 843 g/mol. The quantitative estimate of drug-likeness (QED) is 0.0399. The number of nitrogens with zero attached hydrogens (tertiary/aromatic N) is 4. The van der Waals surface area contributed by atoms with Crippen molar-refractivity contribution in [1.29, 1.82) is 0 Å². The van der Waals surface area contributed by atoms with Crippen LogP contribution < -0.4 is 4.84 Å². The number of para-hydroxylation sites is 2. The highest BCUT2D eigenvalue weighted by molar-refractivity contribution is 6.39. The predicted octanol–water partition coefficient (Wildman–Crippen LogP) is 6.32. The van der Waals surface area contributed by atoms with Gasteiger partial charge in [0, 0.05) is 60.4 Å². The fraction of sp³-hybridized carbons (Fsp3) is 0.292. The number of methoxy groups -OCH3 is 2. The molecule has 0 spiro atoms. The van der Waals surface area contributed by atoms with Gasteiger partial charge in [0.15, 0.2) is 6.61 Å². The van der Waals surface area contributed by atoms with Crippen LogP contribution in [0.3, 0.4) is 0 Å². The van der Waals surface area contributed by atoms with E-state index in [0.29, 0.717) is 75.7 Å². The van der Waals surface area contributed by atoms with Crippen LogP contribution in [-0.2, 0) is 38.1 Å². The van der Waals surface area contributed by atoms with Gasteiger partial charge in [-0.25, -0.2) is 0 Å². The molecular formula is C48H51N4O10+. The number of allylic oxidation sites excluding steroid dienone is 5. The molecule has 4 heterocycles. The second-order valence-corrected chi connectivity index (χ2v) is 13.9. The molecule has 62 heavy (non-hydrogen) atoms. The van der Waals surface area contributed by atoms with E-state index in [-0.39, 0.29) is 49.1 Å². The Hall–Kier alpha value is -6.26. The summed E-state index contributed by atoms with van der Waals surface area (Å²) in [5.74, 6) is -0.547. The zero-order chi connectivity index (χ0) is 42.9. The molecule has 322 valence electrons. The van der Waals surface area contributed by atoms with E-state index < -0.39 is 0 Å². The van der Waals surface area contributed by atoms with Gasteiger partial charge < -0.3 is 38.4 Å². The van der Waals surface area contributed by atoms with E-state index in [1.54, 1.807) is 48.2 Å². The van der Waals surface area contributed by atoms with Crippen LogP contribution in [0.1, 0.15) is 22.5 Å². The number of aliphatic hydroxyl groups excluding tert-OH is 1. The van der Waals surface area contributed by atoms with Crippen molar-refractivity contribution in [2.75, 3.05) is 93.5 Å². The minimum absolute atomic E-state index is 0.117. The average Bonchev–Trinajstić information content (AvgIpc) is 3.88. The first-order valence-corrected chi connectivity index (χ1v) is 20.5. The second kappa shape index (κ2) is 22.5. The Balaban J connectivity index is 1.15. The number of carbonyl (C=O) groups excluding carboxylic acids is 1. The summed E-state index contributed by atoms with van der Waals surface area (Å²) in [6, 6.07) is 23.3. The Kier molecular flexibility index (Phi) is 15.9. The summed E-state index contributed by atoms with van der Waals surface area (Å²) in [7, 11) is 3.25. The number of ether oxygens (including phenoxy) is 6. The van der Waals surface area contributed by atoms with Gasteiger partial charge in [-0.1, -0.05) is 42.5 Å². The number of rotatable bonds is 25. The zero-order valence-corrected chi connectivity index (χ0v) is 34.9. The van der Waals surface area contributed by atoms with Crippen molar-refractivity contribution in [3.63, 3.8) is 0 Å². The lowest BCUT2D eigenvalue weighted by Gasteiger charge is -2.22. The molecule has 1 aliphatic carbocycles. The third kappa shape index (κ3) is 10.8. The van der Waals surface area contributed by atoms with Crippen molar-refractivity contribution in [2.45, 2.75) is 0 Å². The number of hydrogen-bond acceptors (Lipinski definition) is 12. The molecule has 2 aliphatic rings. The first kappa shape index (κ1) is 43.8. The van der Waals surface area contributed by atoms with Gasteiger partial charge in [0.05, 0.1) is 94.1 Å². The van der Waals surface area contributed by atoms with Crippen LogP contribution in [0.5, 0.6) is 0 Å². The molecule has 0 radical (unpaired) electrons. The van der Waals surface area contributed by atoms with E-state index in [9.17, 15) is 9.90 Å². The van der Waals surface area contributed by atoms with Gasteiger partial charge in [0.2, 0.25) is 5.78 Å². The molecule has 0 saturated carbocycles. The first-order chi connectivity index (χ1) is 30.6. The van der Waals surface area contributed by atoms with Crippen LogP contribution in [0.25, 0.3) is 45.6 Å². The maximum atomic E-state index is 14.3.